The summed E-state index contributed by atoms with van der Waals surface area (Å²) in [5.41, 5.74) is -0.417. The van der Waals surface area contributed by atoms with E-state index in [1.165, 1.54) is 0 Å². The Kier molecular flexibility index (Phi) is 8.60. The molecule has 2 fully saturated rings. The van der Waals surface area contributed by atoms with E-state index in [-0.39, 0.29) is 24.3 Å². The van der Waals surface area contributed by atoms with E-state index >= 15 is 0 Å². The SMILES string of the molecule is CC(C)CC(=O)NC(Cc1cnc[nH]1)C(=O)N1CCC(O)(Cn2cc(CC3(O)CCOCC3)nn2)CC1. The first-order valence-electron chi connectivity index (χ1n) is 13.1. The highest BCUT2D eigenvalue weighted by Crippen LogP contribution is 2.27. The minimum Gasteiger partial charge on any atom is -0.389 e. The van der Waals surface area contributed by atoms with Gasteiger partial charge in [0.25, 0.3) is 0 Å². The number of hydrogen-bond acceptors (Lipinski definition) is 8. The Bertz CT molecular complexity index is 1020. The summed E-state index contributed by atoms with van der Waals surface area (Å²) in [5, 5.41) is 33.2. The number of hydrogen-bond donors (Lipinski definition) is 4. The van der Waals surface area contributed by atoms with Crippen molar-refractivity contribution in [1.29, 1.82) is 0 Å². The zero-order valence-electron chi connectivity index (χ0n) is 21.7. The summed E-state index contributed by atoms with van der Waals surface area (Å²) < 4.78 is 6.95. The summed E-state index contributed by atoms with van der Waals surface area (Å²) in [7, 11) is 0. The molecule has 2 aromatic heterocycles. The fourth-order valence-electron chi connectivity index (χ4n) is 5.03. The molecule has 2 aromatic rings. The Hall–Kier alpha value is -2.83. The molecule has 2 aliphatic rings. The number of H-pyrrole nitrogens is 1. The van der Waals surface area contributed by atoms with E-state index in [9.17, 15) is 19.8 Å². The summed E-state index contributed by atoms with van der Waals surface area (Å²) in [5.74, 6) is -0.139. The van der Waals surface area contributed by atoms with Crippen LogP contribution in [0.3, 0.4) is 0 Å². The number of aromatic nitrogens is 5. The van der Waals surface area contributed by atoms with Gasteiger partial charge in [0.15, 0.2) is 0 Å². The van der Waals surface area contributed by atoms with Crippen LogP contribution in [0, 0.1) is 5.92 Å². The molecule has 0 aliphatic carbocycles. The largest absolute Gasteiger partial charge is 0.389 e. The highest BCUT2D eigenvalue weighted by molar-refractivity contribution is 5.88. The Morgan fingerprint density at radius 2 is 1.89 bits per heavy atom. The first-order valence-corrected chi connectivity index (χ1v) is 13.1. The number of likely N-dealkylation sites (tertiary alicyclic amines) is 1. The maximum Gasteiger partial charge on any atom is 0.245 e. The summed E-state index contributed by atoms with van der Waals surface area (Å²) in [4.78, 5) is 34.5. The maximum atomic E-state index is 13.4. The molecule has 1 unspecified atom stereocenters. The number of piperidine rings is 1. The molecule has 2 amide bonds. The van der Waals surface area contributed by atoms with Crippen molar-refractivity contribution in [1.82, 2.24) is 35.2 Å². The molecule has 4 heterocycles. The van der Waals surface area contributed by atoms with Gasteiger partial charge in [-0.05, 0) is 31.6 Å². The molecule has 0 bridgehead atoms. The topological polar surface area (TPSA) is 158 Å². The number of aliphatic hydroxyl groups is 2. The van der Waals surface area contributed by atoms with Crippen LogP contribution >= 0.6 is 0 Å². The minimum absolute atomic E-state index is 0.159. The lowest BCUT2D eigenvalue weighted by molar-refractivity contribution is -0.140. The van der Waals surface area contributed by atoms with E-state index in [0.717, 1.165) is 5.69 Å². The Labute approximate surface area is 216 Å². The van der Waals surface area contributed by atoms with Crippen LogP contribution in [0.25, 0.3) is 0 Å². The standard InChI is InChI=1S/C25H39N7O5/c1-18(2)11-22(33)28-21(12-19-14-26-17-27-19)23(34)31-7-3-25(36,4-8-31)16-32-15-20(29-30-32)13-24(35)5-9-37-10-6-24/h14-15,17-18,21,35-36H,3-13,16H2,1-2H3,(H,26,27)(H,28,33). The van der Waals surface area contributed by atoms with Crippen LogP contribution in [0.2, 0.25) is 0 Å². The van der Waals surface area contributed by atoms with E-state index in [1.54, 1.807) is 28.3 Å². The molecule has 0 radical (unpaired) electrons. The van der Waals surface area contributed by atoms with Crippen LogP contribution < -0.4 is 5.32 Å². The van der Waals surface area contributed by atoms with Gasteiger partial charge in [-0.1, -0.05) is 19.1 Å². The molecular weight excluding hydrogens is 478 g/mol. The predicted octanol–water partition coefficient (Wildman–Crippen LogP) is 0.212. The highest BCUT2D eigenvalue weighted by Gasteiger charge is 2.37. The second kappa shape index (κ2) is 11.7. The van der Waals surface area contributed by atoms with Gasteiger partial charge < -0.3 is 30.2 Å². The lowest BCUT2D eigenvalue weighted by Gasteiger charge is -2.39. The number of amides is 2. The molecule has 0 aromatic carbocycles. The second-order valence-corrected chi connectivity index (χ2v) is 11.0. The predicted molar refractivity (Wildman–Crippen MR) is 133 cm³/mol. The molecule has 12 nitrogen and oxygen atoms in total. The van der Waals surface area contributed by atoms with Crippen LogP contribution in [-0.4, -0.2) is 95.4 Å². The molecule has 0 spiro atoms. The van der Waals surface area contributed by atoms with Crippen molar-refractivity contribution in [3.8, 4) is 0 Å². The lowest BCUT2D eigenvalue weighted by atomic mass is 9.89. The monoisotopic (exact) mass is 517 g/mol. The quantitative estimate of drug-likeness (QED) is 0.348. The molecule has 4 rings (SSSR count). The van der Waals surface area contributed by atoms with E-state index in [2.05, 4.69) is 25.6 Å². The van der Waals surface area contributed by atoms with E-state index in [4.69, 9.17) is 4.74 Å². The Balaban J connectivity index is 1.32. The van der Waals surface area contributed by atoms with Crippen molar-refractivity contribution < 1.29 is 24.5 Å². The Morgan fingerprint density at radius 1 is 1.16 bits per heavy atom. The fourth-order valence-corrected chi connectivity index (χ4v) is 5.03. The van der Waals surface area contributed by atoms with Gasteiger partial charge >= 0.3 is 0 Å². The lowest BCUT2D eigenvalue weighted by Crippen LogP contribution is -2.55. The molecule has 4 N–H and O–H groups in total. The van der Waals surface area contributed by atoms with Crippen LogP contribution in [-0.2, 0) is 33.7 Å². The van der Waals surface area contributed by atoms with Gasteiger partial charge in [-0.15, -0.1) is 5.10 Å². The van der Waals surface area contributed by atoms with Crippen LogP contribution in [0.4, 0.5) is 0 Å². The molecule has 1 atom stereocenters. The number of ether oxygens (including phenoxy) is 1. The third-order valence-electron chi connectivity index (χ3n) is 7.19. The average molecular weight is 518 g/mol. The molecular formula is C25H39N7O5. The number of carbonyl (C=O) groups is 2. The number of rotatable bonds is 10. The van der Waals surface area contributed by atoms with E-state index in [1.807, 2.05) is 13.8 Å². The first kappa shape index (κ1) is 27.2. The third kappa shape index (κ3) is 7.59. The molecule has 2 aliphatic heterocycles. The summed E-state index contributed by atoms with van der Waals surface area (Å²) >= 11 is 0. The van der Waals surface area contributed by atoms with Crippen molar-refractivity contribution >= 4 is 11.8 Å². The van der Waals surface area contributed by atoms with Gasteiger partial charge in [-0.25, -0.2) is 9.67 Å². The Morgan fingerprint density at radius 3 is 2.54 bits per heavy atom. The number of aromatic amines is 1. The molecule has 2 saturated heterocycles. The van der Waals surface area contributed by atoms with Gasteiger partial charge in [0.1, 0.15) is 6.04 Å². The third-order valence-corrected chi connectivity index (χ3v) is 7.19. The van der Waals surface area contributed by atoms with Crippen LogP contribution in [0.5, 0.6) is 0 Å². The van der Waals surface area contributed by atoms with Gasteiger partial charge in [-0.2, -0.15) is 0 Å². The second-order valence-electron chi connectivity index (χ2n) is 11.0. The van der Waals surface area contributed by atoms with Gasteiger partial charge in [0.2, 0.25) is 11.8 Å². The summed E-state index contributed by atoms with van der Waals surface area (Å²) in [6, 6.07) is -0.702. The number of nitrogens with one attached hydrogen (secondary N) is 2. The number of carbonyl (C=O) groups excluding carboxylic acids is 2. The average Bonchev–Trinajstić information content (AvgIpc) is 3.50. The minimum atomic E-state index is -1.03. The van der Waals surface area contributed by atoms with Gasteiger partial charge in [0, 0.05) is 63.7 Å². The molecule has 0 saturated carbocycles. The van der Waals surface area contributed by atoms with E-state index < -0.39 is 17.2 Å². The zero-order chi connectivity index (χ0) is 26.5. The zero-order valence-corrected chi connectivity index (χ0v) is 21.7. The van der Waals surface area contributed by atoms with Gasteiger partial charge in [-0.3, -0.25) is 9.59 Å². The fraction of sp³-hybridized carbons (Fsp3) is 0.720. The van der Waals surface area contributed by atoms with Crippen molar-refractivity contribution in [3.63, 3.8) is 0 Å². The number of nitrogens with zero attached hydrogens (tertiary/aromatic N) is 5. The summed E-state index contributed by atoms with van der Waals surface area (Å²) in [6.45, 7) is 5.98. The highest BCUT2D eigenvalue weighted by atomic mass is 16.5. The van der Waals surface area contributed by atoms with Crippen molar-refractivity contribution in [2.24, 2.45) is 5.92 Å². The smallest absolute Gasteiger partial charge is 0.245 e. The van der Waals surface area contributed by atoms with Gasteiger partial charge in [0.05, 0.1) is 29.8 Å². The molecule has 12 heteroatoms. The van der Waals surface area contributed by atoms with E-state index in [0.29, 0.717) is 76.9 Å². The molecule has 204 valence electrons. The van der Waals surface area contributed by atoms with Crippen molar-refractivity contribution in [2.75, 3.05) is 26.3 Å². The number of imidazole rings is 1. The van der Waals surface area contributed by atoms with Crippen LogP contribution in [0.1, 0.15) is 57.3 Å². The van der Waals surface area contributed by atoms with Crippen molar-refractivity contribution in [3.05, 3.63) is 30.1 Å². The maximum absolute atomic E-state index is 13.4. The van der Waals surface area contributed by atoms with Crippen molar-refractivity contribution in [2.45, 2.75) is 82.6 Å². The van der Waals surface area contributed by atoms with Crippen LogP contribution in [0.15, 0.2) is 18.7 Å². The first-order chi connectivity index (χ1) is 17.6. The molecule has 37 heavy (non-hydrogen) atoms. The normalized spacial score (nSPS) is 20.1. The summed E-state index contributed by atoms with van der Waals surface area (Å²) in [6.07, 6.45) is 7.92.